The van der Waals surface area contributed by atoms with Crippen LogP contribution in [0.1, 0.15) is 29.8 Å². The van der Waals surface area contributed by atoms with Gasteiger partial charge in [-0.1, -0.05) is 90.8 Å². The van der Waals surface area contributed by atoms with Crippen LogP contribution < -0.4 is 0 Å². The van der Waals surface area contributed by atoms with Gasteiger partial charge in [-0.2, -0.15) is 0 Å². The fourth-order valence-corrected chi connectivity index (χ4v) is 5.12. The van der Waals surface area contributed by atoms with E-state index < -0.39 is 0 Å². The van der Waals surface area contributed by atoms with Crippen LogP contribution in [0.15, 0.2) is 64.3 Å². The lowest BCUT2D eigenvalue weighted by molar-refractivity contribution is 0.0862. The van der Waals surface area contributed by atoms with E-state index in [9.17, 15) is 4.79 Å². The van der Waals surface area contributed by atoms with Crippen LogP contribution in [0.4, 0.5) is 0 Å². The maximum Gasteiger partial charge on any atom is 0.237 e. The molecule has 0 amide bonds. The molecule has 1 aliphatic rings. The van der Waals surface area contributed by atoms with Gasteiger partial charge in [-0.3, -0.25) is 9.36 Å². The lowest BCUT2D eigenvalue weighted by Crippen LogP contribution is -2.17. The number of rotatable bonds is 5. The average molecular weight is 445 g/mol. The molecule has 0 spiro atoms. The zero-order valence-electron chi connectivity index (χ0n) is 16.5. The summed E-state index contributed by atoms with van der Waals surface area (Å²) in [6.07, 6.45) is 1.78. The Kier molecular flexibility index (Phi) is 5.54. The predicted molar refractivity (Wildman–Crippen MR) is 122 cm³/mol. The molecule has 0 N–H and O–H groups in total. The van der Waals surface area contributed by atoms with Gasteiger partial charge in [0.25, 0.3) is 0 Å². The smallest absolute Gasteiger partial charge is 0.237 e. The molecule has 2 aromatic carbocycles. The zero-order valence-corrected chi connectivity index (χ0v) is 18.9. The molecule has 1 saturated carbocycles. The van der Waals surface area contributed by atoms with Crippen molar-refractivity contribution in [3.63, 3.8) is 0 Å². The molecule has 0 bridgehead atoms. The zero-order chi connectivity index (χ0) is 20.8. The van der Waals surface area contributed by atoms with Crippen molar-refractivity contribution in [2.75, 3.05) is 0 Å². The number of carbonyl (C=O) groups excluding carboxylic acids is 1. The third-order valence-electron chi connectivity index (χ3n) is 5.72. The van der Waals surface area contributed by atoms with Gasteiger partial charge in [0.05, 0.1) is 17.0 Å². The van der Waals surface area contributed by atoms with Crippen molar-refractivity contribution in [3.05, 3.63) is 70.2 Å². The summed E-state index contributed by atoms with van der Waals surface area (Å²) in [5, 5.41) is 0.721. The van der Waals surface area contributed by atoms with Crippen LogP contribution >= 0.6 is 35.0 Å². The third kappa shape index (κ3) is 3.98. The van der Waals surface area contributed by atoms with Crippen molar-refractivity contribution >= 4 is 51.9 Å². The Balaban J connectivity index is 1.68. The van der Waals surface area contributed by atoms with Gasteiger partial charge in [-0.05, 0) is 42.0 Å². The Labute approximate surface area is 185 Å². The summed E-state index contributed by atoms with van der Waals surface area (Å²) >= 11 is 13.3. The number of hydrogen-bond donors (Lipinski definition) is 0. The second-order valence-corrected chi connectivity index (χ2v) is 10.1. The Morgan fingerprint density at radius 1 is 1.17 bits per heavy atom. The van der Waals surface area contributed by atoms with Crippen molar-refractivity contribution in [1.82, 2.24) is 9.55 Å². The van der Waals surface area contributed by atoms with Gasteiger partial charge < -0.3 is 0 Å². The normalized spacial score (nSPS) is 19.9. The topological polar surface area (TPSA) is 34.9 Å². The Morgan fingerprint density at radius 3 is 2.55 bits per heavy atom. The summed E-state index contributed by atoms with van der Waals surface area (Å²) in [6.45, 7) is 6.22. The summed E-state index contributed by atoms with van der Waals surface area (Å²) in [4.78, 5) is 18.3. The SMILES string of the molecule is Cc1ccc(CSc2nc3ccccc3n2C(=O)[C@H]2[C@H](C=C(Cl)Cl)C2(C)C)cc1. The molecule has 6 heteroatoms. The van der Waals surface area contributed by atoms with Gasteiger partial charge in [0.1, 0.15) is 4.49 Å². The molecule has 1 heterocycles. The summed E-state index contributed by atoms with van der Waals surface area (Å²) in [7, 11) is 0. The van der Waals surface area contributed by atoms with Crippen molar-refractivity contribution in [3.8, 4) is 0 Å². The fraction of sp³-hybridized carbons (Fsp3) is 0.304. The second-order valence-electron chi connectivity index (χ2n) is 8.11. The number of thioether (sulfide) groups is 1. The number of carbonyl (C=O) groups is 1. The van der Waals surface area contributed by atoms with Crippen LogP contribution in [-0.2, 0) is 5.75 Å². The minimum Gasteiger partial charge on any atom is -0.274 e. The van der Waals surface area contributed by atoms with Gasteiger partial charge in [-0.25, -0.2) is 4.98 Å². The van der Waals surface area contributed by atoms with E-state index in [1.54, 1.807) is 22.4 Å². The quantitative estimate of drug-likeness (QED) is 0.402. The molecule has 2 atom stereocenters. The number of para-hydroxylation sites is 2. The van der Waals surface area contributed by atoms with Crippen molar-refractivity contribution < 1.29 is 4.79 Å². The molecule has 3 aromatic rings. The Morgan fingerprint density at radius 2 is 1.86 bits per heavy atom. The highest BCUT2D eigenvalue weighted by Crippen LogP contribution is 2.60. The summed E-state index contributed by atoms with van der Waals surface area (Å²) in [5.41, 5.74) is 3.91. The highest BCUT2D eigenvalue weighted by Gasteiger charge is 2.61. The molecule has 0 unspecified atom stereocenters. The van der Waals surface area contributed by atoms with Crippen LogP contribution in [0, 0.1) is 24.2 Å². The highest BCUT2D eigenvalue weighted by molar-refractivity contribution is 7.98. The molecular formula is C23H22Cl2N2OS. The lowest BCUT2D eigenvalue weighted by atomic mass is 10.1. The van der Waals surface area contributed by atoms with Crippen LogP contribution in [0.3, 0.4) is 0 Å². The summed E-state index contributed by atoms with van der Waals surface area (Å²) in [5.74, 6) is 0.648. The minimum absolute atomic E-state index is 0.0242. The molecule has 0 radical (unpaired) electrons. The molecule has 1 fully saturated rings. The van der Waals surface area contributed by atoms with Crippen LogP contribution in [0.5, 0.6) is 0 Å². The van der Waals surface area contributed by atoms with Crippen LogP contribution in [0.2, 0.25) is 0 Å². The first-order valence-corrected chi connectivity index (χ1v) is 11.3. The first-order valence-electron chi connectivity index (χ1n) is 9.52. The van der Waals surface area contributed by atoms with E-state index in [1.807, 2.05) is 24.3 Å². The van der Waals surface area contributed by atoms with E-state index >= 15 is 0 Å². The summed E-state index contributed by atoms with van der Waals surface area (Å²) < 4.78 is 1.99. The monoisotopic (exact) mass is 444 g/mol. The average Bonchev–Trinajstić information content (AvgIpc) is 3.03. The second kappa shape index (κ2) is 7.82. The largest absolute Gasteiger partial charge is 0.274 e. The molecule has 0 saturated heterocycles. The predicted octanol–water partition coefficient (Wildman–Crippen LogP) is 6.87. The third-order valence-corrected chi connectivity index (χ3v) is 6.98. The van der Waals surface area contributed by atoms with Crippen molar-refractivity contribution in [1.29, 1.82) is 0 Å². The number of imidazole rings is 1. The Hall–Kier alpha value is -1.75. The number of aromatic nitrogens is 2. The standard InChI is InChI=1S/C23H22Cl2N2OS/c1-14-8-10-15(11-9-14)13-29-22-26-17-6-4-5-7-18(17)27(22)21(28)20-16(12-19(24)25)23(20,2)3/h4-12,16,20H,13H2,1-3H3/t16-,20+/m0/s1. The summed E-state index contributed by atoms with van der Waals surface area (Å²) in [6, 6.07) is 16.2. The Bertz CT molecular complexity index is 1100. The molecule has 29 heavy (non-hydrogen) atoms. The van der Waals surface area contributed by atoms with E-state index in [0.29, 0.717) is 0 Å². The van der Waals surface area contributed by atoms with Gasteiger partial charge in [-0.15, -0.1) is 0 Å². The number of benzene rings is 2. The van der Waals surface area contributed by atoms with E-state index in [0.717, 1.165) is 21.9 Å². The van der Waals surface area contributed by atoms with Crippen LogP contribution in [-0.4, -0.2) is 15.5 Å². The molecule has 0 aliphatic heterocycles. The maximum absolute atomic E-state index is 13.6. The number of nitrogens with zero attached hydrogens (tertiary/aromatic N) is 2. The first-order chi connectivity index (χ1) is 13.8. The number of hydrogen-bond acceptors (Lipinski definition) is 3. The molecule has 1 aromatic heterocycles. The maximum atomic E-state index is 13.6. The van der Waals surface area contributed by atoms with Gasteiger partial charge in [0, 0.05) is 5.75 Å². The number of fused-ring (bicyclic) bond motifs is 1. The fourth-order valence-electron chi connectivity index (χ4n) is 3.88. The molecular weight excluding hydrogens is 423 g/mol. The van der Waals surface area contributed by atoms with Crippen molar-refractivity contribution in [2.24, 2.45) is 17.3 Å². The van der Waals surface area contributed by atoms with Gasteiger partial charge in [0.15, 0.2) is 5.16 Å². The first kappa shape index (κ1) is 20.5. The van der Waals surface area contributed by atoms with Crippen molar-refractivity contribution in [2.45, 2.75) is 31.7 Å². The van der Waals surface area contributed by atoms with Crippen LogP contribution in [0.25, 0.3) is 11.0 Å². The van der Waals surface area contributed by atoms with E-state index in [4.69, 9.17) is 28.2 Å². The van der Waals surface area contributed by atoms with Gasteiger partial charge in [0.2, 0.25) is 5.91 Å². The van der Waals surface area contributed by atoms with E-state index in [-0.39, 0.29) is 27.6 Å². The molecule has 150 valence electrons. The van der Waals surface area contributed by atoms with E-state index in [2.05, 4.69) is 45.0 Å². The number of aryl methyl sites for hydroxylation is 1. The molecule has 3 nitrogen and oxygen atoms in total. The highest BCUT2D eigenvalue weighted by atomic mass is 35.5. The number of halogens is 2. The van der Waals surface area contributed by atoms with E-state index in [1.165, 1.54) is 11.1 Å². The lowest BCUT2D eigenvalue weighted by Gasteiger charge is -2.09. The van der Waals surface area contributed by atoms with Gasteiger partial charge >= 0.3 is 0 Å². The minimum atomic E-state index is -0.184. The molecule has 1 aliphatic carbocycles. The number of allylic oxidation sites excluding steroid dienone is 1. The molecule has 4 rings (SSSR count).